The van der Waals surface area contributed by atoms with Crippen LogP contribution in [-0.2, 0) is 14.8 Å². The number of benzene rings is 2. The fraction of sp³-hybridized carbons (Fsp3) is 0.350. The minimum Gasteiger partial charge on any atom is -1.00 e. The second kappa shape index (κ2) is 9.41. The summed E-state index contributed by atoms with van der Waals surface area (Å²) in [5.74, 6) is -0.421. The van der Waals surface area contributed by atoms with Crippen LogP contribution in [0.3, 0.4) is 0 Å². The number of para-hydroxylation sites is 1. The first-order chi connectivity index (χ1) is 12.9. The van der Waals surface area contributed by atoms with Crippen molar-refractivity contribution in [1.82, 2.24) is 4.90 Å². The van der Waals surface area contributed by atoms with Crippen molar-refractivity contribution in [2.75, 3.05) is 31.5 Å². The summed E-state index contributed by atoms with van der Waals surface area (Å²) in [5, 5.41) is 0. The summed E-state index contributed by atoms with van der Waals surface area (Å²) < 4.78 is 32.3. The Morgan fingerprint density at radius 1 is 1.11 bits per heavy atom. The van der Waals surface area contributed by atoms with Gasteiger partial charge < -0.3 is 22.0 Å². The molecule has 0 spiro atoms. The maximum atomic E-state index is 12.8. The van der Waals surface area contributed by atoms with Crippen molar-refractivity contribution in [3.63, 3.8) is 0 Å². The molecule has 0 aliphatic carbocycles. The van der Waals surface area contributed by atoms with Crippen LogP contribution in [0.1, 0.15) is 23.2 Å². The van der Waals surface area contributed by atoms with Gasteiger partial charge in [0.15, 0.2) is 0 Å². The molecule has 1 fully saturated rings. The SMILES string of the molecule is CN1CCCC(OC(=O)c2ccc(S(=O)(=O)N(C)c3ccccc3)cc2)C1.[Cl-]. The Labute approximate surface area is 172 Å². The number of likely N-dealkylation sites (N-methyl/N-ethyl adjacent to an activating group) is 1. The first-order valence-electron chi connectivity index (χ1n) is 8.91. The molecule has 0 radical (unpaired) electrons. The number of rotatable bonds is 5. The Morgan fingerprint density at radius 2 is 1.75 bits per heavy atom. The molecule has 0 N–H and O–H groups in total. The smallest absolute Gasteiger partial charge is 0.338 e. The zero-order valence-corrected chi connectivity index (χ0v) is 17.5. The van der Waals surface area contributed by atoms with Crippen molar-refractivity contribution in [1.29, 1.82) is 0 Å². The molecule has 28 heavy (non-hydrogen) atoms. The van der Waals surface area contributed by atoms with E-state index in [1.165, 1.54) is 35.6 Å². The molecule has 152 valence electrons. The lowest BCUT2D eigenvalue weighted by Crippen LogP contribution is -3.00. The standard InChI is InChI=1S/C20H24N2O4S.ClH/c1-21-14-6-9-18(15-21)26-20(23)16-10-12-19(13-11-16)27(24,25)22(2)17-7-4-3-5-8-17;/h3-5,7-8,10-13,18H,6,9,14-15H2,1-2H3;1H/p-1. The van der Waals surface area contributed by atoms with Crippen LogP contribution in [0.25, 0.3) is 0 Å². The van der Waals surface area contributed by atoms with Crippen LogP contribution in [-0.4, -0.2) is 52.6 Å². The lowest BCUT2D eigenvalue weighted by atomic mass is 10.1. The number of hydrogen-bond acceptors (Lipinski definition) is 5. The van der Waals surface area contributed by atoms with Crippen LogP contribution in [0.4, 0.5) is 5.69 Å². The second-order valence-corrected chi connectivity index (χ2v) is 8.73. The summed E-state index contributed by atoms with van der Waals surface area (Å²) in [7, 11) is -0.185. The van der Waals surface area contributed by atoms with E-state index in [0.29, 0.717) is 11.3 Å². The number of hydrogen-bond donors (Lipinski definition) is 0. The number of likely N-dealkylation sites (tertiary alicyclic amines) is 1. The Bertz CT molecular complexity index is 888. The fourth-order valence-electron chi connectivity index (χ4n) is 3.13. The molecule has 3 rings (SSSR count). The first kappa shape index (κ1) is 22.2. The number of carbonyl (C=O) groups excluding carboxylic acids is 1. The summed E-state index contributed by atoms with van der Waals surface area (Å²) in [6.45, 7) is 1.73. The van der Waals surface area contributed by atoms with E-state index in [4.69, 9.17) is 4.74 Å². The Hall–Kier alpha value is -2.09. The average molecular weight is 424 g/mol. The van der Waals surface area contributed by atoms with Crippen LogP contribution in [0.2, 0.25) is 0 Å². The third-order valence-corrected chi connectivity index (χ3v) is 6.52. The molecular weight excluding hydrogens is 400 g/mol. The molecule has 2 aromatic rings. The van der Waals surface area contributed by atoms with Gasteiger partial charge in [0.05, 0.1) is 16.1 Å². The molecular formula is C20H24ClN2O4S-. The van der Waals surface area contributed by atoms with E-state index >= 15 is 0 Å². The first-order valence-corrected chi connectivity index (χ1v) is 10.4. The predicted molar refractivity (Wildman–Crippen MR) is 104 cm³/mol. The minimum atomic E-state index is -3.69. The number of ether oxygens (including phenoxy) is 1. The highest BCUT2D eigenvalue weighted by molar-refractivity contribution is 7.92. The summed E-state index contributed by atoms with van der Waals surface area (Å²) in [6.07, 6.45) is 1.73. The molecule has 0 bridgehead atoms. The number of halogens is 1. The van der Waals surface area contributed by atoms with E-state index in [1.54, 1.807) is 24.3 Å². The van der Waals surface area contributed by atoms with Gasteiger partial charge in [-0.2, -0.15) is 0 Å². The maximum Gasteiger partial charge on any atom is 0.338 e. The third kappa shape index (κ3) is 5.04. The summed E-state index contributed by atoms with van der Waals surface area (Å²) in [4.78, 5) is 14.6. The highest BCUT2D eigenvalue weighted by Crippen LogP contribution is 2.22. The second-order valence-electron chi connectivity index (χ2n) is 6.76. The summed E-state index contributed by atoms with van der Waals surface area (Å²) >= 11 is 0. The number of esters is 1. The highest BCUT2D eigenvalue weighted by atomic mass is 35.5. The molecule has 6 nitrogen and oxygen atoms in total. The van der Waals surface area contributed by atoms with Gasteiger partial charge in [-0.15, -0.1) is 0 Å². The zero-order chi connectivity index (χ0) is 19.4. The van der Waals surface area contributed by atoms with Crippen LogP contribution in [0.5, 0.6) is 0 Å². The highest BCUT2D eigenvalue weighted by Gasteiger charge is 2.24. The van der Waals surface area contributed by atoms with Gasteiger partial charge in [0.25, 0.3) is 10.0 Å². The quantitative estimate of drug-likeness (QED) is 0.621. The molecule has 1 saturated heterocycles. The predicted octanol–water partition coefficient (Wildman–Crippen LogP) is -0.233. The van der Waals surface area contributed by atoms with Crippen molar-refractivity contribution in [2.24, 2.45) is 0 Å². The molecule has 1 aliphatic rings. The molecule has 0 amide bonds. The van der Waals surface area contributed by atoms with Gasteiger partial charge >= 0.3 is 5.97 Å². The van der Waals surface area contributed by atoms with E-state index in [1.807, 2.05) is 13.1 Å². The number of carbonyl (C=O) groups is 1. The topological polar surface area (TPSA) is 66.9 Å². The van der Waals surface area contributed by atoms with E-state index in [9.17, 15) is 13.2 Å². The molecule has 1 heterocycles. The van der Waals surface area contributed by atoms with Gasteiger partial charge in [-0.05, 0) is 62.8 Å². The molecule has 8 heteroatoms. The fourth-order valence-corrected chi connectivity index (χ4v) is 4.33. The third-order valence-electron chi connectivity index (χ3n) is 4.72. The van der Waals surface area contributed by atoms with Gasteiger partial charge in [-0.25, -0.2) is 13.2 Å². The van der Waals surface area contributed by atoms with Crippen molar-refractivity contribution in [3.05, 3.63) is 60.2 Å². The van der Waals surface area contributed by atoms with Crippen molar-refractivity contribution in [2.45, 2.75) is 23.8 Å². The van der Waals surface area contributed by atoms with Gasteiger partial charge in [-0.3, -0.25) is 4.31 Å². The van der Waals surface area contributed by atoms with Crippen LogP contribution in [0.15, 0.2) is 59.5 Å². The Balaban J connectivity index is 0.00000280. The lowest BCUT2D eigenvalue weighted by Gasteiger charge is -2.29. The Morgan fingerprint density at radius 3 is 2.36 bits per heavy atom. The monoisotopic (exact) mass is 423 g/mol. The maximum absolute atomic E-state index is 12.8. The average Bonchev–Trinajstić information content (AvgIpc) is 2.68. The molecule has 1 atom stereocenters. The number of anilines is 1. The number of sulfonamides is 1. The normalized spacial score (nSPS) is 17.4. The van der Waals surface area contributed by atoms with Crippen molar-refractivity contribution in [3.8, 4) is 0 Å². The van der Waals surface area contributed by atoms with Crippen LogP contribution >= 0.6 is 0 Å². The van der Waals surface area contributed by atoms with Crippen molar-refractivity contribution >= 4 is 21.7 Å². The van der Waals surface area contributed by atoms with Gasteiger partial charge in [0.2, 0.25) is 0 Å². The van der Waals surface area contributed by atoms with Gasteiger partial charge in [0, 0.05) is 13.6 Å². The Kier molecular flexibility index (Phi) is 7.46. The summed E-state index contributed by atoms with van der Waals surface area (Å²) in [6, 6.07) is 14.7. The van der Waals surface area contributed by atoms with E-state index in [2.05, 4.69) is 4.90 Å². The number of piperidine rings is 1. The molecule has 2 aromatic carbocycles. The molecule has 1 unspecified atom stereocenters. The molecule has 1 aliphatic heterocycles. The van der Waals surface area contributed by atoms with E-state index < -0.39 is 16.0 Å². The number of nitrogens with zero attached hydrogens (tertiary/aromatic N) is 2. The largest absolute Gasteiger partial charge is 1.00 e. The molecule has 0 aromatic heterocycles. The van der Waals surface area contributed by atoms with Crippen LogP contribution < -0.4 is 16.7 Å². The zero-order valence-electron chi connectivity index (χ0n) is 15.9. The van der Waals surface area contributed by atoms with E-state index in [0.717, 1.165) is 25.9 Å². The van der Waals surface area contributed by atoms with Gasteiger partial charge in [-0.1, -0.05) is 18.2 Å². The van der Waals surface area contributed by atoms with Crippen LogP contribution in [0, 0.1) is 0 Å². The minimum absolute atomic E-state index is 0. The van der Waals surface area contributed by atoms with Crippen molar-refractivity contribution < 1.29 is 30.4 Å². The van der Waals surface area contributed by atoms with Gasteiger partial charge in [0.1, 0.15) is 6.10 Å². The summed E-state index contributed by atoms with van der Waals surface area (Å²) in [5.41, 5.74) is 0.923. The molecule has 0 saturated carbocycles. The van der Waals surface area contributed by atoms with E-state index in [-0.39, 0.29) is 23.4 Å². The lowest BCUT2D eigenvalue weighted by molar-refractivity contribution is -0.0000858.